The van der Waals surface area contributed by atoms with Gasteiger partial charge in [-0.05, 0) is 49.1 Å². The molecular weight excluding hydrogens is 401 g/mol. The fraction of sp³-hybridized carbons (Fsp3) is 0.400. The van der Waals surface area contributed by atoms with Gasteiger partial charge in [-0.3, -0.25) is 9.59 Å². The van der Waals surface area contributed by atoms with Crippen molar-refractivity contribution in [3.05, 3.63) is 47.1 Å². The van der Waals surface area contributed by atoms with Gasteiger partial charge >= 0.3 is 0 Å². The van der Waals surface area contributed by atoms with E-state index >= 15 is 0 Å². The summed E-state index contributed by atoms with van der Waals surface area (Å²) in [6.45, 7) is 1.47. The number of nitrogens with zero attached hydrogens (tertiary/aromatic N) is 1. The SMILES string of the molecule is Cl.NCCC(=O)NCC1CCCCN1C(=O)c1ccc(-c2ccc(F)cc2)s1. The largest absolute Gasteiger partial charge is 0.354 e. The molecule has 1 aromatic heterocycles. The number of nitrogens with one attached hydrogen (secondary N) is 1. The summed E-state index contributed by atoms with van der Waals surface area (Å²) in [7, 11) is 0. The van der Waals surface area contributed by atoms with Crippen molar-refractivity contribution >= 4 is 35.6 Å². The first-order chi connectivity index (χ1) is 13.1. The Kier molecular flexibility index (Phi) is 8.41. The van der Waals surface area contributed by atoms with E-state index in [4.69, 9.17) is 5.73 Å². The first kappa shape index (κ1) is 22.3. The van der Waals surface area contributed by atoms with Crippen LogP contribution in [0.2, 0.25) is 0 Å². The van der Waals surface area contributed by atoms with Gasteiger partial charge in [0.2, 0.25) is 5.91 Å². The molecule has 8 heteroatoms. The molecule has 1 atom stereocenters. The van der Waals surface area contributed by atoms with Crippen molar-refractivity contribution in [2.75, 3.05) is 19.6 Å². The summed E-state index contributed by atoms with van der Waals surface area (Å²) in [4.78, 5) is 28.2. The highest BCUT2D eigenvalue weighted by molar-refractivity contribution is 7.17. The standard InChI is InChI=1S/C20H24FN3O2S.ClH/c21-15-6-4-14(5-7-15)17-8-9-18(27-17)20(26)24-12-2-1-3-16(24)13-23-19(25)10-11-22;/h4-9,16H,1-3,10-13,22H2,(H,23,25);1H. The molecule has 1 aliphatic heterocycles. The van der Waals surface area contributed by atoms with E-state index in [0.717, 1.165) is 29.7 Å². The van der Waals surface area contributed by atoms with Gasteiger partial charge in [0.15, 0.2) is 0 Å². The molecule has 1 fully saturated rings. The van der Waals surface area contributed by atoms with Crippen LogP contribution < -0.4 is 11.1 Å². The number of carbonyl (C=O) groups is 2. The topological polar surface area (TPSA) is 75.4 Å². The number of piperidine rings is 1. The molecule has 1 unspecified atom stereocenters. The Morgan fingerprint density at radius 2 is 1.93 bits per heavy atom. The highest BCUT2D eigenvalue weighted by atomic mass is 35.5. The molecule has 2 aromatic rings. The number of thiophene rings is 1. The van der Waals surface area contributed by atoms with Crippen molar-refractivity contribution in [1.29, 1.82) is 0 Å². The minimum Gasteiger partial charge on any atom is -0.354 e. The number of halogens is 2. The van der Waals surface area contributed by atoms with Gasteiger partial charge in [0, 0.05) is 37.0 Å². The zero-order chi connectivity index (χ0) is 19.2. The van der Waals surface area contributed by atoms with Crippen molar-refractivity contribution in [1.82, 2.24) is 10.2 Å². The first-order valence-electron chi connectivity index (χ1n) is 9.22. The van der Waals surface area contributed by atoms with Crippen molar-refractivity contribution in [3.8, 4) is 10.4 Å². The van der Waals surface area contributed by atoms with Crippen LogP contribution in [0.25, 0.3) is 10.4 Å². The second-order valence-corrected chi connectivity index (χ2v) is 7.75. The summed E-state index contributed by atoms with van der Waals surface area (Å²) in [5, 5.41) is 2.88. The minimum absolute atomic E-state index is 0. The Labute approximate surface area is 174 Å². The summed E-state index contributed by atoms with van der Waals surface area (Å²) in [5.41, 5.74) is 6.30. The number of nitrogens with two attached hydrogens (primary N) is 1. The number of carbonyl (C=O) groups excluding carboxylic acids is 2. The van der Waals surface area contributed by atoms with Crippen LogP contribution in [0.3, 0.4) is 0 Å². The van der Waals surface area contributed by atoms with Crippen molar-refractivity contribution in [2.45, 2.75) is 31.7 Å². The number of hydrogen-bond acceptors (Lipinski definition) is 4. The van der Waals surface area contributed by atoms with Crippen LogP contribution in [0, 0.1) is 5.82 Å². The van der Waals surface area contributed by atoms with E-state index in [-0.39, 0.29) is 36.1 Å². The quantitative estimate of drug-likeness (QED) is 0.744. The molecule has 0 spiro atoms. The van der Waals surface area contributed by atoms with Crippen LogP contribution >= 0.6 is 23.7 Å². The molecule has 1 saturated heterocycles. The van der Waals surface area contributed by atoms with Crippen LogP contribution in [-0.4, -0.2) is 42.4 Å². The highest BCUT2D eigenvalue weighted by Crippen LogP contribution is 2.30. The Balaban J connectivity index is 0.00000280. The van der Waals surface area contributed by atoms with Gasteiger partial charge in [-0.15, -0.1) is 23.7 Å². The van der Waals surface area contributed by atoms with Crippen molar-refractivity contribution in [2.24, 2.45) is 5.73 Å². The van der Waals surface area contributed by atoms with Gasteiger partial charge < -0.3 is 16.0 Å². The van der Waals surface area contributed by atoms with Crippen LogP contribution in [0.1, 0.15) is 35.4 Å². The number of amides is 2. The lowest BCUT2D eigenvalue weighted by molar-refractivity contribution is -0.121. The van der Waals surface area contributed by atoms with E-state index in [2.05, 4.69) is 5.32 Å². The number of benzene rings is 1. The fourth-order valence-electron chi connectivity index (χ4n) is 3.29. The van der Waals surface area contributed by atoms with Gasteiger partial charge in [0.25, 0.3) is 5.91 Å². The molecule has 0 bridgehead atoms. The first-order valence-corrected chi connectivity index (χ1v) is 10.0. The lowest BCUT2D eigenvalue weighted by Gasteiger charge is -2.35. The van der Waals surface area contributed by atoms with Crippen LogP contribution in [0.15, 0.2) is 36.4 Å². The van der Waals surface area contributed by atoms with E-state index in [1.54, 1.807) is 12.1 Å². The second-order valence-electron chi connectivity index (χ2n) is 6.66. The maximum absolute atomic E-state index is 13.1. The molecule has 1 aromatic carbocycles. The lowest BCUT2D eigenvalue weighted by Crippen LogP contribution is -2.49. The van der Waals surface area contributed by atoms with Gasteiger partial charge in [0.1, 0.15) is 5.82 Å². The molecule has 28 heavy (non-hydrogen) atoms. The highest BCUT2D eigenvalue weighted by Gasteiger charge is 2.28. The molecular formula is C20H25ClFN3O2S. The molecule has 3 N–H and O–H groups in total. The average Bonchev–Trinajstić information content (AvgIpc) is 3.17. The smallest absolute Gasteiger partial charge is 0.264 e. The maximum atomic E-state index is 13.1. The van der Waals surface area contributed by atoms with Gasteiger partial charge in [-0.1, -0.05) is 12.1 Å². The summed E-state index contributed by atoms with van der Waals surface area (Å²) in [6.07, 6.45) is 3.19. The number of likely N-dealkylation sites (tertiary alicyclic amines) is 1. The van der Waals surface area contributed by atoms with Crippen molar-refractivity contribution < 1.29 is 14.0 Å². The fourth-order valence-corrected chi connectivity index (χ4v) is 4.26. The van der Waals surface area contributed by atoms with E-state index in [1.165, 1.54) is 23.5 Å². The molecule has 0 radical (unpaired) electrons. The van der Waals surface area contributed by atoms with E-state index in [1.807, 2.05) is 17.0 Å². The molecule has 1 aliphatic rings. The Morgan fingerprint density at radius 1 is 1.18 bits per heavy atom. The van der Waals surface area contributed by atoms with E-state index in [0.29, 0.717) is 30.9 Å². The third-order valence-electron chi connectivity index (χ3n) is 4.74. The lowest BCUT2D eigenvalue weighted by atomic mass is 10.0. The maximum Gasteiger partial charge on any atom is 0.264 e. The molecule has 5 nitrogen and oxygen atoms in total. The third kappa shape index (κ3) is 5.53. The second kappa shape index (κ2) is 10.5. The monoisotopic (exact) mass is 425 g/mol. The van der Waals surface area contributed by atoms with Crippen LogP contribution in [-0.2, 0) is 4.79 Å². The predicted molar refractivity (Wildman–Crippen MR) is 112 cm³/mol. The summed E-state index contributed by atoms with van der Waals surface area (Å²) in [5.74, 6) is -0.365. The molecule has 0 saturated carbocycles. The van der Waals surface area contributed by atoms with Crippen LogP contribution in [0.4, 0.5) is 4.39 Å². The predicted octanol–water partition coefficient (Wildman–Crippen LogP) is 3.44. The van der Waals surface area contributed by atoms with E-state index in [9.17, 15) is 14.0 Å². The molecule has 2 heterocycles. The molecule has 0 aliphatic carbocycles. The van der Waals surface area contributed by atoms with Crippen molar-refractivity contribution in [3.63, 3.8) is 0 Å². The zero-order valence-corrected chi connectivity index (χ0v) is 17.2. The van der Waals surface area contributed by atoms with Gasteiger partial charge in [-0.25, -0.2) is 4.39 Å². The van der Waals surface area contributed by atoms with Gasteiger partial charge in [-0.2, -0.15) is 0 Å². The molecule has 152 valence electrons. The third-order valence-corrected chi connectivity index (χ3v) is 5.86. The number of hydrogen-bond donors (Lipinski definition) is 2. The molecule has 2 amide bonds. The summed E-state index contributed by atoms with van der Waals surface area (Å²) in [6, 6.07) is 9.99. The van der Waals surface area contributed by atoms with Crippen LogP contribution in [0.5, 0.6) is 0 Å². The van der Waals surface area contributed by atoms with E-state index < -0.39 is 0 Å². The normalized spacial score (nSPS) is 16.4. The Morgan fingerprint density at radius 3 is 2.64 bits per heavy atom. The number of rotatable bonds is 6. The summed E-state index contributed by atoms with van der Waals surface area (Å²) >= 11 is 1.41. The average molecular weight is 426 g/mol. The Hall–Kier alpha value is -1.96. The summed E-state index contributed by atoms with van der Waals surface area (Å²) < 4.78 is 13.1. The molecule has 3 rings (SSSR count). The Bertz CT molecular complexity index is 797. The van der Waals surface area contributed by atoms with Gasteiger partial charge in [0.05, 0.1) is 4.88 Å². The minimum atomic E-state index is -0.278. The zero-order valence-electron chi connectivity index (χ0n) is 15.5.